The number of halogens is 2. The van der Waals surface area contributed by atoms with Gasteiger partial charge in [0, 0.05) is 17.6 Å². The zero-order chi connectivity index (χ0) is 15.9. The monoisotopic (exact) mass is 360 g/mol. The average molecular weight is 361 g/mol. The SMILES string of the molecule is Cl.O=C(O)CNC(=O)CN(Cc1ccccc1Cl)C1CCCC1. The fraction of sp³-hybridized carbons (Fsp3) is 0.500. The maximum Gasteiger partial charge on any atom is 0.322 e. The van der Waals surface area contributed by atoms with E-state index in [1.807, 2.05) is 24.3 Å². The van der Waals surface area contributed by atoms with E-state index >= 15 is 0 Å². The maximum absolute atomic E-state index is 11.9. The minimum atomic E-state index is -1.04. The number of hydrogen-bond acceptors (Lipinski definition) is 3. The summed E-state index contributed by atoms with van der Waals surface area (Å²) in [7, 11) is 0. The van der Waals surface area contributed by atoms with Gasteiger partial charge < -0.3 is 10.4 Å². The van der Waals surface area contributed by atoms with Crippen LogP contribution in [-0.2, 0) is 16.1 Å². The molecule has 7 heteroatoms. The van der Waals surface area contributed by atoms with E-state index in [1.165, 1.54) is 12.8 Å². The Labute approximate surface area is 147 Å². The van der Waals surface area contributed by atoms with Crippen LogP contribution in [0.3, 0.4) is 0 Å². The molecule has 1 fully saturated rings. The normalized spacial score (nSPS) is 14.5. The summed E-state index contributed by atoms with van der Waals surface area (Å²) in [6.45, 7) is 0.456. The Balaban J connectivity index is 0.00000264. The molecule has 0 spiro atoms. The molecule has 0 bridgehead atoms. The number of hydrogen-bond donors (Lipinski definition) is 2. The fourth-order valence-corrected chi connectivity index (χ4v) is 3.04. The number of nitrogens with zero attached hydrogens (tertiary/aromatic N) is 1. The molecular weight excluding hydrogens is 339 g/mol. The Morgan fingerprint density at radius 3 is 2.52 bits per heavy atom. The van der Waals surface area contributed by atoms with Gasteiger partial charge in [0.15, 0.2) is 0 Å². The maximum atomic E-state index is 11.9. The average Bonchev–Trinajstić information content (AvgIpc) is 3.01. The zero-order valence-electron chi connectivity index (χ0n) is 12.8. The van der Waals surface area contributed by atoms with Crippen LogP contribution in [0.4, 0.5) is 0 Å². The van der Waals surface area contributed by atoms with Crippen molar-refractivity contribution in [1.82, 2.24) is 10.2 Å². The molecule has 23 heavy (non-hydrogen) atoms. The van der Waals surface area contributed by atoms with Crippen molar-refractivity contribution >= 4 is 35.9 Å². The molecule has 0 heterocycles. The van der Waals surface area contributed by atoms with Crippen molar-refractivity contribution < 1.29 is 14.7 Å². The smallest absolute Gasteiger partial charge is 0.322 e. The Bertz CT molecular complexity index is 534. The zero-order valence-corrected chi connectivity index (χ0v) is 14.4. The molecule has 0 saturated heterocycles. The second-order valence-corrected chi connectivity index (χ2v) is 6.01. The Morgan fingerprint density at radius 2 is 1.91 bits per heavy atom. The number of carbonyl (C=O) groups is 2. The number of amides is 1. The molecule has 0 atom stereocenters. The van der Waals surface area contributed by atoms with E-state index in [-0.39, 0.29) is 31.4 Å². The molecule has 128 valence electrons. The summed E-state index contributed by atoms with van der Waals surface area (Å²) >= 11 is 6.21. The Hall–Kier alpha value is -1.30. The van der Waals surface area contributed by atoms with Gasteiger partial charge in [-0.2, -0.15) is 0 Å². The topological polar surface area (TPSA) is 69.6 Å². The van der Waals surface area contributed by atoms with Crippen molar-refractivity contribution in [3.8, 4) is 0 Å². The second-order valence-electron chi connectivity index (χ2n) is 5.61. The van der Waals surface area contributed by atoms with E-state index in [1.54, 1.807) is 0 Å². The summed E-state index contributed by atoms with van der Waals surface area (Å²) in [5.74, 6) is -1.30. The highest BCUT2D eigenvalue weighted by Gasteiger charge is 2.25. The van der Waals surface area contributed by atoms with E-state index in [0.29, 0.717) is 17.6 Å². The van der Waals surface area contributed by atoms with Gasteiger partial charge in [0.25, 0.3) is 0 Å². The van der Waals surface area contributed by atoms with Crippen molar-refractivity contribution in [3.63, 3.8) is 0 Å². The molecule has 1 aliphatic rings. The van der Waals surface area contributed by atoms with Crippen LogP contribution in [-0.4, -0.2) is 41.0 Å². The van der Waals surface area contributed by atoms with Crippen LogP contribution < -0.4 is 5.32 Å². The second kappa shape index (κ2) is 9.75. The number of carboxylic acids is 1. The van der Waals surface area contributed by atoms with E-state index in [0.717, 1.165) is 18.4 Å². The van der Waals surface area contributed by atoms with Gasteiger partial charge in [-0.25, -0.2) is 0 Å². The molecule has 5 nitrogen and oxygen atoms in total. The van der Waals surface area contributed by atoms with Gasteiger partial charge in [0.1, 0.15) is 6.54 Å². The van der Waals surface area contributed by atoms with Crippen LogP contribution in [0, 0.1) is 0 Å². The molecule has 1 aliphatic carbocycles. The summed E-state index contributed by atoms with van der Waals surface area (Å²) in [4.78, 5) is 24.6. The number of aliphatic carboxylic acids is 1. The number of carbonyl (C=O) groups excluding carboxylic acids is 1. The highest BCUT2D eigenvalue weighted by atomic mass is 35.5. The van der Waals surface area contributed by atoms with Crippen molar-refractivity contribution in [2.75, 3.05) is 13.1 Å². The van der Waals surface area contributed by atoms with Crippen LogP contribution in [0.1, 0.15) is 31.2 Å². The van der Waals surface area contributed by atoms with Crippen molar-refractivity contribution in [3.05, 3.63) is 34.9 Å². The lowest BCUT2D eigenvalue weighted by molar-refractivity contribution is -0.138. The first kappa shape index (κ1) is 19.7. The summed E-state index contributed by atoms with van der Waals surface area (Å²) in [5, 5.41) is 11.7. The predicted octanol–water partition coefficient (Wildman–Crippen LogP) is 2.71. The van der Waals surface area contributed by atoms with E-state index < -0.39 is 5.97 Å². The van der Waals surface area contributed by atoms with Gasteiger partial charge >= 0.3 is 5.97 Å². The summed E-state index contributed by atoms with van der Waals surface area (Å²) in [6, 6.07) is 7.96. The van der Waals surface area contributed by atoms with Crippen LogP contribution >= 0.6 is 24.0 Å². The van der Waals surface area contributed by atoms with Gasteiger partial charge in [0.05, 0.1) is 6.54 Å². The largest absolute Gasteiger partial charge is 0.480 e. The molecule has 1 saturated carbocycles. The lowest BCUT2D eigenvalue weighted by Crippen LogP contribution is -2.42. The molecule has 0 aliphatic heterocycles. The highest BCUT2D eigenvalue weighted by molar-refractivity contribution is 6.31. The third kappa shape index (κ3) is 6.37. The molecule has 1 aromatic rings. The minimum Gasteiger partial charge on any atom is -0.480 e. The fourth-order valence-electron chi connectivity index (χ4n) is 2.84. The van der Waals surface area contributed by atoms with Gasteiger partial charge in [-0.1, -0.05) is 42.6 Å². The highest BCUT2D eigenvalue weighted by Crippen LogP contribution is 2.26. The lowest BCUT2D eigenvalue weighted by atomic mass is 10.1. The predicted molar refractivity (Wildman–Crippen MR) is 92.0 cm³/mol. The van der Waals surface area contributed by atoms with E-state index in [2.05, 4.69) is 10.2 Å². The summed E-state index contributed by atoms with van der Waals surface area (Å²) in [5.41, 5.74) is 0.988. The first-order valence-electron chi connectivity index (χ1n) is 7.52. The van der Waals surface area contributed by atoms with Crippen LogP contribution in [0.25, 0.3) is 0 Å². The number of benzene rings is 1. The summed E-state index contributed by atoms with van der Waals surface area (Å²) in [6.07, 6.45) is 4.47. The van der Waals surface area contributed by atoms with Gasteiger partial charge in [-0.05, 0) is 24.5 Å². The third-order valence-electron chi connectivity index (χ3n) is 3.96. The van der Waals surface area contributed by atoms with Crippen LogP contribution in [0.5, 0.6) is 0 Å². The number of rotatable bonds is 7. The van der Waals surface area contributed by atoms with Crippen LogP contribution in [0.2, 0.25) is 5.02 Å². The molecule has 1 aromatic carbocycles. The molecule has 1 amide bonds. The molecular formula is C16H22Cl2N2O3. The Morgan fingerprint density at radius 1 is 1.26 bits per heavy atom. The van der Waals surface area contributed by atoms with E-state index in [9.17, 15) is 9.59 Å². The molecule has 2 rings (SSSR count). The standard InChI is InChI=1S/C16H21ClN2O3.ClH/c17-14-8-4-1-5-12(14)10-19(13-6-2-3-7-13)11-15(20)18-9-16(21)22;/h1,4-5,8,13H,2-3,6-7,9-11H2,(H,18,20)(H,21,22);1H. The quantitative estimate of drug-likeness (QED) is 0.784. The number of carboxylic acid groups (broad SMARTS) is 1. The molecule has 0 unspecified atom stereocenters. The number of nitrogens with one attached hydrogen (secondary N) is 1. The first-order chi connectivity index (χ1) is 10.6. The summed E-state index contributed by atoms with van der Waals surface area (Å²) < 4.78 is 0. The lowest BCUT2D eigenvalue weighted by Gasteiger charge is -2.28. The third-order valence-corrected chi connectivity index (χ3v) is 4.32. The Kier molecular flexibility index (Phi) is 8.37. The molecule has 0 radical (unpaired) electrons. The van der Waals surface area contributed by atoms with E-state index in [4.69, 9.17) is 16.7 Å². The van der Waals surface area contributed by atoms with Gasteiger partial charge in [-0.15, -0.1) is 12.4 Å². The molecule has 0 aromatic heterocycles. The minimum absolute atomic E-state index is 0. The van der Waals surface area contributed by atoms with Crippen molar-refractivity contribution in [2.45, 2.75) is 38.3 Å². The van der Waals surface area contributed by atoms with Crippen molar-refractivity contribution in [1.29, 1.82) is 0 Å². The molecule has 2 N–H and O–H groups in total. The van der Waals surface area contributed by atoms with Gasteiger partial charge in [-0.3, -0.25) is 14.5 Å². The van der Waals surface area contributed by atoms with Crippen LogP contribution in [0.15, 0.2) is 24.3 Å². The van der Waals surface area contributed by atoms with Crippen molar-refractivity contribution in [2.24, 2.45) is 0 Å². The van der Waals surface area contributed by atoms with Gasteiger partial charge in [0.2, 0.25) is 5.91 Å². The first-order valence-corrected chi connectivity index (χ1v) is 7.90.